The molecule has 0 saturated heterocycles. The molecule has 2 N–H and O–H groups in total. The van der Waals surface area contributed by atoms with E-state index in [2.05, 4.69) is 16.6 Å². The lowest BCUT2D eigenvalue weighted by atomic mass is 10.2. The van der Waals surface area contributed by atoms with Gasteiger partial charge >= 0.3 is 0 Å². The first-order valence-corrected chi connectivity index (χ1v) is 7.11. The summed E-state index contributed by atoms with van der Waals surface area (Å²) in [6.45, 7) is 1.84. The predicted molar refractivity (Wildman–Crippen MR) is 84.4 cm³/mol. The number of hydrogen-bond acceptors (Lipinski definition) is 3. The second-order valence-corrected chi connectivity index (χ2v) is 5.65. The maximum Gasteiger partial charge on any atom is 0.261 e. The summed E-state index contributed by atoms with van der Waals surface area (Å²) in [7, 11) is 0. The Kier molecular flexibility index (Phi) is 4.75. The van der Waals surface area contributed by atoms with Crippen molar-refractivity contribution >= 4 is 28.8 Å². The predicted octanol–water partition coefficient (Wildman–Crippen LogP) is 2.41. The molecule has 0 fully saturated rings. The molecule has 0 spiro atoms. The minimum atomic E-state index is -0.300. The Morgan fingerprint density at radius 1 is 1.29 bits per heavy atom. The summed E-state index contributed by atoms with van der Waals surface area (Å²) in [4.78, 5) is 25.2. The standard InChI is InChI=1S/C16H14N2O2S/c1-3-12-5-4-6-13(9-12)18-15(19)10-17-16(20)14-8-7-11(2)21-14/h1,4-9H,10H2,2H3,(H,17,20)(H,18,19). The van der Waals surface area contributed by atoms with Gasteiger partial charge in [0.2, 0.25) is 5.91 Å². The van der Waals surface area contributed by atoms with Crippen molar-refractivity contribution in [1.29, 1.82) is 0 Å². The highest BCUT2D eigenvalue weighted by Crippen LogP contribution is 2.14. The number of hydrogen-bond donors (Lipinski definition) is 2. The van der Waals surface area contributed by atoms with Gasteiger partial charge in [-0.1, -0.05) is 12.0 Å². The quantitative estimate of drug-likeness (QED) is 0.852. The van der Waals surface area contributed by atoms with E-state index in [0.29, 0.717) is 16.1 Å². The molecule has 0 aliphatic heterocycles. The van der Waals surface area contributed by atoms with Gasteiger partial charge in [0.15, 0.2) is 0 Å². The first kappa shape index (κ1) is 14.8. The van der Waals surface area contributed by atoms with E-state index >= 15 is 0 Å². The molecule has 1 aromatic heterocycles. The molecule has 2 aromatic rings. The van der Waals surface area contributed by atoms with E-state index in [1.165, 1.54) is 11.3 Å². The third-order valence-corrected chi connectivity index (χ3v) is 3.69. The van der Waals surface area contributed by atoms with E-state index in [0.717, 1.165) is 4.88 Å². The fourth-order valence-corrected chi connectivity index (χ4v) is 2.48. The van der Waals surface area contributed by atoms with E-state index in [4.69, 9.17) is 6.42 Å². The molecule has 1 heterocycles. The zero-order valence-corrected chi connectivity index (χ0v) is 12.3. The van der Waals surface area contributed by atoms with Crippen molar-refractivity contribution in [2.24, 2.45) is 0 Å². The largest absolute Gasteiger partial charge is 0.342 e. The first-order valence-electron chi connectivity index (χ1n) is 6.29. The lowest BCUT2D eigenvalue weighted by molar-refractivity contribution is -0.115. The Bertz CT molecular complexity index is 713. The second kappa shape index (κ2) is 6.73. The lowest BCUT2D eigenvalue weighted by Gasteiger charge is -2.06. The van der Waals surface area contributed by atoms with E-state index < -0.39 is 0 Å². The van der Waals surface area contributed by atoms with E-state index in [9.17, 15) is 9.59 Å². The zero-order chi connectivity index (χ0) is 15.2. The number of terminal acetylenes is 1. The molecule has 0 aliphatic rings. The van der Waals surface area contributed by atoms with Crippen LogP contribution in [0.5, 0.6) is 0 Å². The summed E-state index contributed by atoms with van der Waals surface area (Å²) in [5.74, 6) is 1.95. The Morgan fingerprint density at radius 2 is 2.10 bits per heavy atom. The molecule has 4 nitrogen and oxygen atoms in total. The Balaban J connectivity index is 1.87. The minimum Gasteiger partial charge on any atom is -0.342 e. The van der Waals surface area contributed by atoms with Crippen LogP contribution in [0.15, 0.2) is 36.4 Å². The number of amides is 2. The summed E-state index contributed by atoms with van der Waals surface area (Å²) in [5.41, 5.74) is 1.29. The Labute approximate surface area is 127 Å². The molecule has 0 atom stereocenters. The number of nitrogens with one attached hydrogen (secondary N) is 2. The van der Waals surface area contributed by atoms with Crippen LogP contribution >= 0.6 is 11.3 Å². The molecule has 0 radical (unpaired) electrons. The van der Waals surface area contributed by atoms with Crippen molar-refractivity contribution in [3.8, 4) is 12.3 Å². The van der Waals surface area contributed by atoms with Crippen molar-refractivity contribution in [3.05, 3.63) is 51.7 Å². The van der Waals surface area contributed by atoms with Crippen molar-refractivity contribution < 1.29 is 9.59 Å². The van der Waals surface area contributed by atoms with Gasteiger partial charge in [0, 0.05) is 16.1 Å². The highest BCUT2D eigenvalue weighted by Gasteiger charge is 2.10. The van der Waals surface area contributed by atoms with E-state index in [1.54, 1.807) is 30.3 Å². The van der Waals surface area contributed by atoms with Crippen molar-refractivity contribution in [3.63, 3.8) is 0 Å². The number of benzene rings is 1. The number of rotatable bonds is 4. The van der Waals surface area contributed by atoms with Gasteiger partial charge in [-0.25, -0.2) is 0 Å². The normalized spacial score (nSPS) is 9.71. The van der Waals surface area contributed by atoms with Crippen molar-refractivity contribution in [1.82, 2.24) is 5.32 Å². The average Bonchev–Trinajstić information content (AvgIpc) is 2.91. The molecule has 2 amide bonds. The van der Waals surface area contributed by atoms with Crippen LogP contribution < -0.4 is 10.6 Å². The number of thiophene rings is 1. The molecule has 5 heteroatoms. The molecule has 0 bridgehead atoms. The molecule has 21 heavy (non-hydrogen) atoms. The molecular weight excluding hydrogens is 284 g/mol. The van der Waals surface area contributed by atoms with Gasteiger partial charge in [-0.2, -0.15) is 0 Å². The Morgan fingerprint density at radius 3 is 2.76 bits per heavy atom. The third-order valence-electron chi connectivity index (χ3n) is 2.69. The van der Waals surface area contributed by atoms with Gasteiger partial charge in [0.05, 0.1) is 11.4 Å². The number of carbonyl (C=O) groups excluding carboxylic acids is 2. The zero-order valence-electron chi connectivity index (χ0n) is 11.5. The van der Waals surface area contributed by atoms with Crippen molar-refractivity contribution in [2.45, 2.75) is 6.92 Å². The smallest absolute Gasteiger partial charge is 0.261 e. The Hall–Kier alpha value is -2.58. The van der Waals surface area contributed by atoms with E-state index in [1.807, 2.05) is 13.0 Å². The molecular formula is C16H14N2O2S. The summed E-state index contributed by atoms with van der Waals surface area (Å²) in [6.07, 6.45) is 5.30. The van der Waals surface area contributed by atoms with Crippen LogP contribution in [0.25, 0.3) is 0 Å². The van der Waals surface area contributed by atoms with Gasteiger partial charge in [-0.05, 0) is 37.3 Å². The number of aryl methyl sites for hydroxylation is 1. The molecule has 1 aromatic carbocycles. The summed E-state index contributed by atoms with van der Waals surface area (Å²) in [5, 5.41) is 5.26. The average molecular weight is 298 g/mol. The van der Waals surface area contributed by atoms with Crippen LogP contribution in [0.4, 0.5) is 5.69 Å². The monoisotopic (exact) mass is 298 g/mol. The number of carbonyl (C=O) groups is 2. The summed E-state index contributed by atoms with van der Waals surface area (Å²) < 4.78 is 0. The van der Waals surface area contributed by atoms with Gasteiger partial charge in [-0.3, -0.25) is 9.59 Å². The van der Waals surface area contributed by atoms with Gasteiger partial charge in [-0.15, -0.1) is 17.8 Å². The molecule has 2 rings (SSSR count). The van der Waals surface area contributed by atoms with Crippen molar-refractivity contribution in [2.75, 3.05) is 11.9 Å². The second-order valence-electron chi connectivity index (χ2n) is 4.37. The fourth-order valence-electron chi connectivity index (χ4n) is 1.70. The van der Waals surface area contributed by atoms with Gasteiger partial charge in [0.1, 0.15) is 0 Å². The lowest BCUT2D eigenvalue weighted by Crippen LogP contribution is -2.32. The SMILES string of the molecule is C#Cc1cccc(NC(=O)CNC(=O)c2ccc(C)s2)c1. The molecule has 106 valence electrons. The van der Waals surface area contributed by atoms with Gasteiger partial charge in [0.25, 0.3) is 5.91 Å². The van der Waals surface area contributed by atoms with E-state index in [-0.39, 0.29) is 18.4 Å². The van der Waals surface area contributed by atoms with Crippen LogP contribution in [0.2, 0.25) is 0 Å². The topological polar surface area (TPSA) is 58.2 Å². The van der Waals surface area contributed by atoms with Crippen LogP contribution in [0.1, 0.15) is 20.1 Å². The van der Waals surface area contributed by atoms with Crippen LogP contribution in [0, 0.1) is 19.3 Å². The fraction of sp³-hybridized carbons (Fsp3) is 0.125. The molecule has 0 aliphatic carbocycles. The van der Waals surface area contributed by atoms with Crippen LogP contribution in [-0.2, 0) is 4.79 Å². The third kappa shape index (κ3) is 4.20. The highest BCUT2D eigenvalue weighted by atomic mass is 32.1. The van der Waals surface area contributed by atoms with Crippen LogP contribution in [-0.4, -0.2) is 18.4 Å². The minimum absolute atomic E-state index is 0.0872. The molecule has 0 saturated carbocycles. The summed E-state index contributed by atoms with van der Waals surface area (Å²) in [6, 6.07) is 10.6. The maximum atomic E-state index is 11.8. The van der Waals surface area contributed by atoms with Crippen LogP contribution in [0.3, 0.4) is 0 Å². The first-order chi connectivity index (χ1) is 10.1. The maximum absolute atomic E-state index is 11.8. The number of anilines is 1. The molecule has 0 unspecified atom stereocenters. The summed E-state index contributed by atoms with van der Waals surface area (Å²) >= 11 is 1.39. The van der Waals surface area contributed by atoms with Gasteiger partial charge < -0.3 is 10.6 Å². The highest BCUT2D eigenvalue weighted by molar-refractivity contribution is 7.13.